The molecular formula is C16H27NO. The number of hydrogen-bond acceptors (Lipinski definition) is 2. The molecular weight excluding hydrogens is 222 g/mol. The van der Waals surface area contributed by atoms with E-state index in [0.29, 0.717) is 5.92 Å². The SMILES string of the molecule is CCCC(N)C(O)CC(C)c1ccc(CC)cc1. The summed E-state index contributed by atoms with van der Waals surface area (Å²) in [5, 5.41) is 10.1. The van der Waals surface area contributed by atoms with Gasteiger partial charge >= 0.3 is 0 Å². The zero-order valence-electron chi connectivity index (χ0n) is 11.9. The molecule has 1 aromatic carbocycles. The van der Waals surface area contributed by atoms with Crippen LogP contribution >= 0.6 is 0 Å². The minimum Gasteiger partial charge on any atom is -0.391 e. The van der Waals surface area contributed by atoms with Crippen LogP contribution in [-0.2, 0) is 6.42 Å². The molecule has 0 aromatic heterocycles. The summed E-state index contributed by atoms with van der Waals surface area (Å²) in [7, 11) is 0. The third-order valence-electron chi connectivity index (χ3n) is 3.67. The van der Waals surface area contributed by atoms with Gasteiger partial charge in [0, 0.05) is 6.04 Å². The first-order chi connectivity index (χ1) is 8.58. The first-order valence-electron chi connectivity index (χ1n) is 7.10. The molecule has 0 aliphatic carbocycles. The van der Waals surface area contributed by atoms with E-state index in [2.05, 4.69) is 45.0 Å². The Morgan fingerprint density at radius 1 is 1.17 bits per heavy atom. The van der Waals surface area contributed by atoms with E-state index in [1.54, 1.807) is 0 Å². The molecule has 0 bridgehead atoms. The Bertz CT molecular complexity index is 333. The highest BCUT2D eigenvalue weighted by atomic mass is 16.3. The molecule has 2 heteroatoms. The van der Waals surface area contributed by atoms with E-state index in [0.717, 1.165) is 25.7 Å². The fourth-order valence-electron chi connectivity index (χ4n) is 2.28. The highest BCUT2D eigenvalue weighted by Crippen LogP contribution is 2.22. The Labute approximate surface area is 111 Å². The molecule has 102 valence electrons. The van der Waals surface area contributed by atoms with Gasteiger partial charge in [-0.05, 0) is 36.3 Å². The van der Waals surface area contributed by atoms with Crippen LogP contribution < -0.4 is 5.73 Å². The monoisotopic (exact) mass is 249 g/mol. The average Bonchev–Trinajstić information content (AvgIpc) is 2.39. The summed E-state index contributed by atoms with van der Waals surface area (Å²) in [5.41, 5.74) is 8.59. The summed E-state index contributed by atoms with van der Waals surface area (Å²) in [4.78, 5) is 0. The van der Waals surface area contributed by atoms with Gasteiger partial charge in [-0.1, -0.05) is 51.5 Å². The minimum atomic E-state index is -0.397. The lowest BCUT2D eigenvalue weighted by molar-refractivity contribution is 0.124. The van der Waals surface area contributed by atoms with Crippen LogP contribution in [0.3, 0.4) is 0 Å². The van der Waals surface area contributed by atoms with Crippen LogP contribution in [0.2, 0.25) is 0 Å². The normalized spacial score (nSPS) is 16.3. The van der Waals surface area contributed by atoms with Crippen molar-refractivity contribution in [3.63, 3.8) is 0 Å². The summed E-state index contributed by atoms with van der Waals surface area (Å²) in [6, 6.07) is 8.59. The van der Waals surface area contributed by atoms with E-state index in [1.807, 2.05) is 0 Å². The molecule has 0 fully saturated rings. The first kappa shape index (κ1) is 15.2. The maximum atomic E-state index is 10.1. The van der Waals surface area contributed by atoms with Gasteiger partial charge in [0.1, 0.15) is 0 Å². The van der Waals surface area contributed by atoms with Crippen LogP contribution in [0.25, 0.3) is 0 Å². The molecule has 18 heavy (non-hydrogen) atoms. The van der Waals surface area contributed by atoms with Crippen molar-refractivity contribution in [3.8, 4) is 0 Å². The van der Waals surface area contributed by atoms with Gasteiger partial charge in [-0.15, -0.1) is 0 Å². The molecule has 1 aromatic rings. The predicted molar refractivity (Wildman–Crippen MR) is 77.7 cm³/mol. The van der Waals surface area contributed by atoms with Gasteiger partial charge in [-0.3, -0.25) is 0 Å². The van der Waals surface area contributed by atoms with Crippen LogP contribution in [0.15, 0.2) is 24.3 Å². The molecule has 0 radical (unpaired) electrons. The number of hydrogen-bond donors (Lipinski definition) is 2. The molecule has 3 N–H and O–H groups in total. The Balaban J connectivity index is 2.55. The molecule has 2 nitrogen and oxygen atoms in total. The number of benzene rings is 1. The Morgan fingerprint density at radius 2 is 1.78 bits per heavy atom. The lowest BCUT2D eigenvalue weighted by Gasteiger charge is -2.22. The second-order valence-electron chi connectivity index (χ2n) is 5.25. The molecule has 0 heterocycles. The summed E-state index contributed by atoms with van der Waals surface area (Å²) in [6.07, 6.45) is 3.33. The molecule has 1 rings (SSSR count). The van der Waals surface area contributed by atoms with Crippen LogP contribution in [0.5, 0.6) is 0 Å². The van der Waals surface area contributed by atoms with Crippen molar-refractivity contribution in [1.29, 1.82) is 0 Å². The molecule has 0 aliphatic heterocycles. The summed E-state index contributed by atoms with van der Waals surface area (Å²) >= 11 is 0. The maximum Gasteiger partial charge on any atom is 0.0696 e. The second kappa shape index (κ2) is 7.55. The Hall–Kier alpha value is -0.860. The quantitative estimate of drug-likeness (QED) is 0.779. The molecule has 3 atom stereocenters. The molecule has 0 saturated heterocycles. The van der Waals surface area contributed by atoms with Crippen LogP contribution in [-0.4, -0.2) is 17.3 Å². The first-order valence-corrected chi connectivity index (χ1v) is 7.10. The van der Waals surface area contributed by atoms with Gasteiger partial charge in [0.25, 0.3) is 0 Å². The number of nitrogens with two attached hydrogens (primary N) is 1. The fraction of sp³-hybridized carbons (Fsp3) is 0.625. The summed E-state index contributed by atoms with van der Waals surface area (Å²) < 4.78 is 0. The minimum absolute atomic E-state index is 0.0904. The smallest absolute Gasteiger partial charge is 0.0696 e. The molecule has 0 spiro atoms. The van der Waals surface area contributed by atoms with E-state index < -0.39 is 6.10 Å². The maximum absolute atomic E-state index is 10.1. The highest BCUT2D eigenvalue weighted by molar-refractivity contribution is 5.25. The topological polar surface area (TPSA) is 46.2 Å². The standard InChI is InChI=1S/C16H27NO/c1-4-6-15(17)16(18)11-12(3)14-9-7-13(5-2)8-10-14/h7-10,12,15-16,18H,4-6,11,17H2,1-3H3. The lowest BCUT2D eigenvalue weighted by Crippen LogP contribution is -2.35. The number of rotatable bonds is 7. The Morgan fingerprint density at radius 3 is 2.28 bits per heavy atom. The number of aliphatic hydroxyl groups is 1. The third-order valence-corrected chi connectivity index (χ3v) is 3.67. The van der Waals surface area contributed by atoms with Gasteiger partial charge in [0.2, 0.25) is 0 Å². The predicted octanol–water partition coefficient (Wildman–Crippen LogP) is 3.23. The summed E-state index contributed by atoms with van der Waals surface area (Å²) in [6.45, 7) is 6.41. The largest absolute Gasteiger partial charge is 0.391 e. The van der Waals surface area contributed by atoms with Crippen LogP contribution in [0.4, 0.5) is 0 Å². The van der Waals surface area contributed by atoms with E-state index in [-0.39, 0.29) is 6.04 Å². The highest BCUT2D eigenvalue weighted by Gasteiger charge is 2.17. The van der Waals surface area contributed by atoms with Crippen LogP contribution in [0.1, 0.15) is 57.1 Å². The van der Waals surface area contributed by atoms with Gasteiger partial charge in [-0.25, -0.2) is 0 Å². The summed E-state index contributed by atoms with van der Waals surface area (Å²) in [5.74, 6) is 0.355. The zero-order chi connectivity index (χ0) is 13.5. The molecule has 0 amide bonds. The third kappa shape index (κ3) is 4.43. The van der Waals surface area contributed by atoms with Gasteiger partial charge in [0.15, 0.2) is 0 Å². The van der Waals surface area contributed by atoms with Gasteiger partial charge < -0.3 is 10.8 Å². The molecule has 0 aliphatic rings. The zero-order valence-corrected chi connectivity index (χ0v) is 11.9. The van der Waals surface area contributed by atoms with Crippen molar-refractivity contribution < 1.29 is 5.11 Å². The van der Waals surface area contributed by atoms with Crippen molar-refractivity contribution >= 4 is 0 Å². The van der Waals surface area contributed by atoms with E-state index >= 15 is 0 Å². The van der Waals surface area contributed by atoms with E-state index in [1.165, 1.54) is 11.1 Å². The number of aryl methyl sites for hydroxylation is 1. The van der Waals surface area contributed by atoms with Crippen molar-refractivity contribution in [2.75, 3.05) is 0 Å². The second-order valence-corrected chi connectivity index (χ2v) is 5.25. The molecule has 0 saturated carbocycles. The average molecular weight is 249 g/mol. The Kier molecular flexibility index (Phi) is 6.37. The van der Waals surface area contributed by atoms with Crippen LogP contribution in [0, 0.1) is 0 Å². The fourth-order valence-corrected chi connectivity index (χ4v) is 2.28. The molecule has 3 unspecified atom stereocenters. The van der Waals surface area contributed by atoms with Crippen molar-refractivity contribution in [3.05, 3.63) is 35.4 Å². The van der Waals surface area contributed by atoms with Crippen molar-refractivity contribution in [2.24, 2.45) is 5.73 Å². The van der Waals surface area contributed by atoms with Crippen molar-refractivity contribution in [2.45, 2.75) is 64.5 Å². The van der Waals surface area contributed by atoms with Gasteiger partial charge in [0.05, 0.1) is 6.10 Å². The lowest BCUT2D eigenvalue weighted by atomic mass is 9.91. The van der Waals surface area contributed by atoms with Crippen molar-refractivity contribution in [1.82, 2.24) is 0 Å². The van der Waals surface area contributed by atoms with Gasteiger partial charge in [-0.2, -0.15) is 0 Å². The van der Waals surface area contributed by atoms with E-state index in [9.17, 15) is 5.11 Å². The number of aliphatic hydroxyl groups excluding tert-OH is 1. The van der Waals surface area contributed by atoms with E-state index in [4.69, 9.17) is 5.73 Å².